The maximum atomic E-state index is 13.2. The molecule has 0 fully saturated rings. The average molecular weight is 385 g/mol. The molecule has 29 heavy (non-hydrogen) atoms. The summed E-state index contributed by atoms with van der Waals surface area (Å²) in [6, 6.07) is 18.3. The van der Waals surface area contributed by atoms with E-state index in [2.05, 4.69) is 39.0 Å². The first-order valence-corrected chi connectivity index (χ1v) is 9.99. The minimum absolute atomic E-state index is 0.0573. The van der Waals surface area contributed by atoms with E-state index in [4.69, 9.17) is 0 Å². The van der Waals surface area contributed by atoms with Crippen molar-refractivity contribution in [3.05, 3.63) is 83.6 Å². The third kappa shape index (κ3) is 3.20. The van der Waals surface area contributed by atoms with Gasteiger partial charge in [0.1, 0.15) is 5.82 Å². The summed E-state index contributed by atoms with van der Waals surface area (Å²) in [5, 5.41) is 9.78. The lowest BCUT2D eigenvalue weighted by Gasteiger charge is -2.28. The van der Waals surface area contributed by atoms with Gasteiger partial charge in [0.15, 0.2) is 5.82 Å². The molecule has 6 heteroatoms. The predicted octanol–water partition coefficient (Wildman–Crippen LogP) is 3.21. The Bertz CT molecular complexity index is 1170. The third-order valence-corrected chi connectivity index (χ3v) is 5.76. The first kappa shape index (κ1) is 17.7. The standard InChI is InChI=1S/C23H23N5O/c1-26-13-12-18-19(8-5-9-20(18)26)23(29)27-14-15-28-21(24-25-22(28)16-27)11-10-17-6-3-2-4-7-17/h2-9,12-13H,10-11,14-16H2,1H3. The van der Waals surface area contributed by atoms with Crippen molar-refractivity contribution < 1.29 is 4.79 Å². The normalized spacial score (nSPS) is 13.6. The van der Waals surface area contributed by atoms with Gasteiger partial charge >= 0.3 is 0 Å². The fraction of sp³-hybridized carbons (Fsp3) is 0.261. The van der Waals surface area contributed by atoms with Crippen molar-refractivity contribution in [2.75, 3.05) is 6.54 Å². The average Bonchev–Trinajstić information content (AvgIpc) is 3.35. The van der Waals surface area contributed by atoms with Crippen LogP contribution in [0.1, 0.15) is 27.6 Å². The number of carbonyl (C=O) groups is 1. The van der Waals surface area contributed by atoms with Gasteiger partial charge in [0.05, 0.1) is 6.54 Å². The van der Waals surface area contributed by atoms with Crippen LogP contribution in [0, 0.1) is 0 Å². The van der Waals surface area contributed by atoms with Crippen molar-refractivity contribution in [3.63, 3.8) is 0 Å². The van der Waals surface area contributed by atoms with E-state index in [-0.39, 0.29) is 5.91 Å². The van der Waals surface area contributed by atoms with Gasteiger partial charge in [-0.1, -0.05) is 36.4 Å². The molecule has 0 saturated heterocycles. The maximum absolute atomic E-state index is 13.2. The van der Waals surface area contributed by atoms with E-state index in [1.807, 2.05) is 53.0 Å². The van der Waals surface area contributed by atoms with Gasteiger partial charge in [-0.3, -0.25) is 4.79 Å². The van der Waals surface area contributed by atoms with E-state index in [9.17, 15) is 4.79 Å². The van der Waals surface area contributed by atoms with Crippen molar-refractivity contribution in [2.45, 2.75) is 25.9 Å². The highest BCUT2D eigenvalue weighted by atomic mass is 16.2. The van der Waals surface area contributed by atoms with Crippen molar-refractivity contribution in [1.29, 1.82) is 0 Å². The summed E-state index contributed by atoms with van der Waals surface area (Å²) in [5.41, 5.74) is 3.12. The monoisotopic (exact) mass is 385 g/mol. The Kier molecular flexibility index (Phi) is 4.39. The largest absolute Gasteiger partial charge is 0.351 e. The maximum Gasteiger partial charge on any atom is 0.255 e. The van der Waals surface area contributed by atoms with Crippen molar-refractivity contribution in [1.82, 2.24) is 24.2 Å². The number of hydrogen-bond donors (Lipinski definition) is 0. The fourth-order valence-corrected chi connectivity index (χ4v) is 4.14. The Morgan fingerprint density at radius 2 is 1.83 bits per heavy atom. The third-order valence-electron chi connectivity index (χ3n) is 5.76. The number of fused-ring (bicyclic) bond motifs is 2. The van der Waals surface area contributed by atoms with Crippen LogP contribution in [-0.4, -0.2) is 36.7 Å². The molecule has 1 aliphatic rings. The molecule has 0 unspecified atom stereocenters. The number of amides is 1. The molecular weight excluding hydrogens is 362 g/mol. The molecule has 0 radical (unpaired) electrons. The van der Waals surface area contributed by atoms with E-state index in [1.165, 1.54) is 5.56 Å². The van der Waals surface area contributed by atoms with Gasteiger partial charge in [-0.25, -0.2) is 0 Å². The molecule has 1 amide bonds. The number of hydrogen-bond acceptors (Lipinski definition) is 3. The molecule has 0 bridgehead atoms. The lowest BCUT2D eigenvalue weighted by Crippen LogP contribution is -2.38. The van der Waals surface area contributed by atoms with Gasteiger partial charge in [-0.2, -0.15) is 0 Å². The Labute approximate surface area is 169 Å². The van der Waals surface area contributed by atoms with E-state index in [1.54, 1.807) is 0 Å². The topological polar surface area (TPSA) is 56.0 Å². The molecule has 5 rings (SSSR count). The van der Waals surface area contributed by atoms with Crippen molar-refractivity contribution in [3.8, 4) is 0 Å². The van der Waals surface area contributed by atoms with Gasteiger partial charge in [0.25, 0.3) is 5.91 Å². The first-order chi connectivity index (χ1) is 14.2. The highest BCUT2D eigenvalue weighted by molar-refractivity contribution is 6.06. The SMILES string of the molecule is Cn1ccc2c(C(=O)N3CCn4c(CCc5ccccc5)nnc4C3)cccc21. The van der Waals surface area contributed by atoms with Crippen LogP contribution in [0.4, 0.5) is 0 Å². The lowest BCUT2D eigenvalue weighted by atomic mass is 10.1. The van der Waals surface area contributed by atoms with Crippen LogP contribution < -0.4 is 0 Å². The number of rotatable bonds is 4. The Morgan fingerprint density at radius 3 is 2.69 bits per heavy atom. The van der Waals surface area contributed by atoms with Gasteiger partial charge in [-0.05, 0) is 30.2 Å². The van der Waals surface area contributed by atoms with E-state index < -0.39 is 0 Å². The molecule has 3 heterocycles. The molecule has 0 aliphatic carbocycles. The van der Waals surface area contributed by atoms with Crippen LogP contribution >= 0.6 is 0 Å². The number of nitrogens with zero attached hydrogens (tertiary/aromatic N) is 5. The molecule has 0 N–H and O–H groups in total. The molecule has 146 valence electrons. The lowest BCUT2D eigenvalue weighted by molar-refractivity contribution is 0.0708. The highest BCUT2D eigenvalue weighted by Gasteiger charge is 2.26. The summed E-state index contributed by atoms with van der Waals surface area (Å²) in [6.07, 6.45) is 3.79. The zero-order valence-electron chi connectivity index (χ0n) is 16.5. The predicted molar refractivity (Wildman–Crippen MR) is 112 cm³/mol. The summed E-state index contributed by atoms with van der Waals surface area (Å²) in [7, 11) is 2.00. The van der Waals surface area contributed by atoms with Crippen LogP contribution in [0.3, 0.4) is 0 Å². The first-order valence-electron chi connectivity index (χ1n) is 9.99. The minimum Gasteiger partial charge on any atom is -0.351 e. The summed E-state index contributed by atoms with van der Waals surface area (Å²) in [5.74, 6) is 1.93. The number of carbonyl (C=O) groups excluding carboxylic acids is 1. The quantitative estimate of drug-likeness (QED) is 0.542. The second-order valence-corrected chi connectivity index (χ2v) is 7.56. The van der Waals surface area contributed by atoms with Gasteiger partial charge < -0.3 is 14.0 Å². The van der Waals surface area contributed by atoms with Crippen LogP contribution in [0.2, 0.25) is 0 Å². The number of aromatic nitrogens is 4. The molecule has 2 aromatic carbocycles. The molecular formula is C23H23N5O. The Hall–Kier alpha value is -3.41. The van der Waals surface area contributed by atoms with Gasteiger partial charge in [0.2, 0.25) is 0 Å². The Morgan fingerprint density at radius 1 is 0.966 bits per heavy atom. The second-order valence-electron chi connectivity index (χ2n) is 7.56. The van der Waals surface area contributed by atoms with Crippen LogP contribution in [0.15, 0.2) is 60.8 Å². The molecule has 6 nitrogen and oxygen atoms in total. The van der Waals surface area contributed by atoms with Crippen LogP contribution in [-0.2, 0) is 33.0 Å². The number of aryl methyl sites for hydroxylation is 3. The van der Waals surface area contributed by atoms with Crippen LogP contribution in [0.5, 0.6) is 0 Å². The van der Waals surface area contributed by atoms with Gasteiger partial charge in [0, 0.05) is 49.2 Å². The minimum atomic E-state index is 0.0573. The molecule has 1 aliphatic heterocycles. The molecule has 0 atom stereocenters. The second kappa shape index (κ2) is 7.20. The van der Waals surface area contributed by atoms with E-state index >= 15 is 0 Å². The van der Waals surface area contributed by atoms with E-state index in [0.29, 0.717) is 13.1 Å². The fourth-order valence-electron chi connectivity index (χ4n) is 4.14. The summed E-state index contributed by atoms with van der Waals surface area (Å²) in [4.78, 5) is 15.1. The smallest absolute Gasteiger partial charge is 0.255 e. The summed E-state index contributed by atoms with van der Waals surface area (Å²) >= 11 is 0. The Balaban J connectivity index is 1.33. The highest BCUT2D eigenvalue weighted by Crippen LogP contribution is 2.23. The zero-order valence-corrected chi connectivity index (χ0v) is 16.5. The van der Waals surface area contributed by atoms with Crippen molar-refractivity contribution >= 4 is 16.8 Å². The summed E-state index contributed by atoms with van der Waals surface area (Å²) in [6.45, 7) is 1.91. The molecule has 0 saturated carbocycles. The number of benzene rings is 2. The van der Waals surface area contributed by atoms with Crippen LogP contribution in [0.25, 0.3) is 10.9 Å². The van der Waals surface area contributed by atoms with Crippen molar-refractivity contribution in [2.24, 2.45) is 7.05 Å². The van der Waals surface area contributed by atoms with Gasteiger partial charge in [-0.15, -0.1) is 10.2 Å². The summed E-state index contributed by atoms with van der Waals surface area (Å²) < 4.78 is 4.22. The zero-order chi connectivity index (χ0) is 19.8. The molecule has 4 aromatic rings. The molecule has 0 spiro atoms. The van der Waals surface area contributed by atoms with E-state index in [0.717, 1.165) is 47.5 Å². The molecule has 2 aromatic heterocycles.